The maximum atomic E-state index is 12.7. The number of thiophene rings is 1. The third kappa shape index (κ3) is 2.34. The van der Waals surface area contributed by atoms with Gasteiger partial charge in [0, 0.05) is 5.56 Å². The summed E-state index contributed by atoms with van der Waals surface area (Å²) in [5.41, 5.74) is 2.85. The van der Waals surface area contributed by atoms with Crippen molar-refractivity contribution in [3.05, 3.63) is 77.0 Å². The Morgan fingerprint density at radius 3 is 2.46 bits per heavy atom. The van der Waals surface area contributed by atoms with Gasteiger partial charge in [-0.3, -0.25) is 4.79 Å². The maximum Gasteiger partial charge on any atom is 0.234 e. The van der Waals surface area contributed by atoms with Gasteiger partial charge in [0.05, 0.1) is 22.5 Å². The second kappa shape index (κ2) is 5.93. The van der Waals surface area contributed by atoms with Crippen molar-refractivity contribution in [2.45, 2.75) is 6.54 Å². The van der Waals surface area contributed by atoms with Gasteiger partial charge in [0.25, 0.3) is 0 Å². The number of fused-ring (bicyclic) bond motifs is 3. The second-order valence-electron chi connectivity index (χ2n) is 5.99. The molecule has 0 saturated carbocycles. The van der Waals surface area contributed by atoms with Crippen LogP contribution in [-0.2, 0) is 6.54 Å². The fraction of sp³-hybridized carbons (Fsp3) is 0.0500. The van der Waals surface area contributed by atoms with Gasteiger partial charge in [-0.1, -0.05) is 48.5 Å². The lowest BCUT2D eigenvalue weighted by molar-refractivity contribution is 0.0978. The number of imidazole rings is 1. The zero-order valence-corrected chi connectivity index (χ0v) is 14.6. The van der Waals surface area contributed by atoms with E-state index in [9.17, 15) is 4.79 Å². The topological polar surface area (TPSA) is 52.2 Å². The van der Waals surface area contributed by atoms with E-state index >= 15 is 0 Å². The highest BCUT2D eigenvalue weighted by Gasteiger charge is 2.18. The average Bonchev–Trinajstić information content (AvgIpc) is 3.40. The van der Waals surface area contributed by atoms with Gasteiger partial charge >= 0.3 is 0 Å². The number of benzene rings is 2. The Bertz CT molecular complexity index is 1220. The number of nitrogens with zero attached hydrogens (tertiary/aromatic N) is 4. The number of hydrogen-bond acceptors (Lipinski definition) is 4. The molecule has 3 heterocycles. The summed E-state index contributed by atoms with van der Waals surface area (Å²) in [5.74, 6) is 1.41. The molecular weight excluding hydrogens is 344 g/mol. The highest BCUT2D eigenvalue weighted by atomic mass is 32.1. The lowest BCUT2D eigenvalue weighted by atomic mass is 10.2. The van der Waals surface area contributed by atoms with Gasteiger partial charge in [0.1, 0.15) is 0 Å². The zero-order valence-electron chi connectivity index (χ0n) is 13.7. The molecule has 0 radical (unpaired) electrons. The monoisotopic (exact) mass is 358 g/mol. The summed E-state index contributed by atoms with van der Waals surface area (Å²) in [7, 11) is 0. The summed E-state index contributed by atoms with van der Waals surface area (Å²) in [6, 6.07) is 21.5. The lowest BCUT2D eigenvalue weighted by Gasteiger charge is -2.03. The van der Waals surface area contributed by atoms with Crippen molar-refractivity contribution in [1.29, 1.82) is 0 Å². The summed E-state index contributed by atoms with van der Waals surface area (Å²) in [6.07, 6.45) is 0. The Morgan fingerprint density at radius 1 is 0.923 bits per heavy atom. The van der Waals surface area contributed by atoms with E-state index in [0.29, 0.717) is 11.6 Å². The lowest BCUT2D eigenvalue weighted by Crippen LogP contribution is -2.09. The number of rotatable bonds is 4. The van der Waals surface area contributed by atoms with Gasteiger partial charge in [-0.25, -0.2) is 0 Å². The molecule has 0 spiro atoms. The number of aromatic nitrogens is 4. The first-order valence-electron chi connectivity index (χ1n) is 8.27. The molecule has 26 heavy (non-hydrogen) atoms. The van der Waals surface area contributed by atoms with Gasteiger partial charge in [-0.2, -0.15) is 9.50 Å². The summed E-state index contributed by atoms with van der Waals surface area (Å²) >= 11 is 1.46. The van der Waals surface area contributed by atoms with Crippen LogP contribution in [0.5, 0.6) is 0 Å². The standard InChI is InChI=1S/C20H14N4OS/c25-17(18-11-6-12-26-18)13-23-15-9-4-5-10-16(15)24-20(23)21-19(22-24)14-7-2-1-3-8-14/h1-12H,13H2. The van der Waals surface area contributed by atoms with Crippen LogP contribution in [0.2, 0.25) is 0 Å². The minimum Gasteiger partial charge on any atom is -0.300 e. The highest BCUT2D eigenvalue weighted by molar-refractivity contribution is 7.12. The number of para-hydroxylation sites is 2. The molecule has 0 unspecified atom stereocenters. The molecular formula is C20H14N4OS. The molecule has 0 aliphatic carbocycles. The van der Waals surface area contributed by atoms with Crippen molar-refractivity contribution in [1.82, 2.24) is 19.2 Å². The normalized spacial score (nSPS) is 11.4. The van der Waals surface area contributed by atoms with Crippen LogP contribution in [0.15, 0.2) is 72.1 Å². The van der Waals surface area contributed by atoms with E-state index < -0.39 is 0 Å². The molecule has 5 nitrogen and oxygen atoms in total. The van der Waals surface area contributed by atoms with Crippen LogP contribution in [-0.4, -0.2) is 24.9 Å². The molecule has 0 aliphatic heterocycles. The van der Waals surface area contributed by atoms with Crippen molar-refractivity contribution < 1.29 is 4.79 Å². The Balaban J connectivity index is 1.69. The second-order valence-corrected chi connectivity index (χ2v) is 6.94. The predicted molar refractivity (Wildman–Crippen MR) is 103 cm³/mol. The molecule has 0 atom stereocenters. The van der Waals surface area contributed by atoms with E-state index in [1.54, 1.807) is 0 Å². The number of Topliss-reactive ketones (excluding diaryl/α,β-unsaturated/α-hetero) is 1. The molecule has 3 aromatic heterocycles. The first-order chi connectivity index (χ1) is 12.8. The molecule has 0 bridgehead atoms. The molecule has 0 amide bonds. The van der Waals surface area contributed by atoms with E-state index in [4.69, 9.17) is 4.98 Å². The molecule has 0 aliphatic rings. The number of carbonyl (C=O) groups excluding carboxylic acids is 1. The van der Waals surface area contributed by atoms with E-state index in [0.717, 1.165) is 21.5 Å². The first kappa shape index (κ1) is 15.0. The molecule has 6 heteroatoms. The Morgan fingerprint density at radius 2 is 1.69 bits per heavy atom. The van der Waals surface area contributed by atoms with E-state index in [-0.39, 0.29) is 12.3 Å². The SMILES string of the molecule is O=C(Cn1c2ccccc2n2nc(-c3ccccc3)nc12)c1cccs1. The molecule has 2 aromatic carbocycles. The average molecular weight is 358 g/mol. The van der Waals surface area contributed by atoms with Crippen LogP contribution >= 0.6 is 11.3 Å². The van der Waals surface area contributed by atoms with E-state index in [2.05, 4.69) is 5.10 Å². The predicted octanol–water partition coefficient (Wildman–Crippen LogP) is 4.30. The summed E-state index contributed by atoms with van der Waals surface area (Å²) in [4.78, 5) is 18.1. The summed E-state index contributed by atoms with van der Waals surface area (Å²) in [5, 5.41) is 6.60. The highest BCUT2D eigenvalue weighted by Crippen LogP contribution is 2.24. The van der Waals surface area contributed by atoms with Gasteiger partial charge in [0.2, 0.25) is 5.78 Å². The van der Waals surface area contributed by atoms with Gasteiger partial charge < -0.3 is 4.57 Å². The van der Waals surface area contributed by atoms with Gasteiger partial charge in [-0.15, -0.1) is 16.4 Å². The Hall–Kier alpha value is -3.25. The van der Waals surface area contributed by atoms with E-state index in [1.165, 1.54) is 11.3 Å². The van der Waals surface area contributed by atoms with Gasteiger partial charge in [-0.05, 0) is 23.6 Å². The van der Waals surface area contributed by atoms with Crippen molar-refractivity contribution >= 4 is 33.9 Å². The molecule has 5 rings (SSSR count). The third-order valence-corrected chi connectivity index (χ3v) is 5.27. The van der Waals surface area contributed by atoms with Crippen LogP contribution < -0.4 is 0 Å². The molecule has 126 valence electrons. The smallest absolute Gasteiger partial charge is 0.234 e. The van der Waals surface area contributed by atoms with Crippen molar-refractivity contribution in [3.8, 4) is 11.4 Å². The van der Waals surface area contributed by atoms with Crippen molar-refractivity contribution in [3.63, 3.8) is 0 Å². The van der Waals surface area contributed by atoms with Crippen LogP contribution in [0.4, 0.5) is 0 Å². The van der Waals surface area contributed by atoms with E-state index in [1.807, 2.05) is 81.2 Å². The number of ketones is 1. The quantitative estimate of drug-likeness (QED) is 0.450. The van der Waals surface area contributed by atoms with Crippen molar-refractivity contribution in [2.24, 2.45) is 0 Å². The van der Waals surface area contributed by atoms with Gasteiger partial charge in [0.15, 0.2) is 11.6 Å². The summed E-state index contributed by atoms with van der Waals surface area (Å²) < 4.78 is 3.76. The minimum absolute atomic E-state index is 0.0764. The minimum atomic E-state index is 0.0764. The largest absolute Gasteiger partial charge is 0.300 e. The number of hydrogen-bond donors (Lipinski definition) is 0. The molecule has 0 N–H and O–H groups in total. The Kier molecular flexibility index (Phi) is 3.43. The molecule has 5 aromatic rings. The fourth-order valence-corrected chi connectivity index (χ4v) is 3.80. The molecule has 0 saturated heterocycles. The van der Waals surface area contributed by atoms with Crippen LogP contribution in [0.3, 0.4) is 0 Å². The van der Waals surface area contributed by atoms with Crippen LogP contribution in [0.25, 0.3) is 28.2 Å². The van der Waals surface area contributed by atoms with Crippen LogP contribution in [0, 0.1) is 0 Å². The maximum absolute atomic E-state index is 12.7. The molecule has 0 fully saturated rings. The fourth-order valence-electron chi connectivity index (χ4n) is 3.14. The van der Waals surface area contributed by atoms with Crippen molar-refractivity contribution in [2.75, 3.05) is 0 Å². The Labute approximate surface area is 153 Å². The summed E-state index contributed by atoms with van der Waals surface area (Å²) in [6.45, 7) is 0.241. The van der Waals surface area contributed by atoms with Crippen LogP contribution in [0.1, 0.15) is 9.67 Å². The third-order valence-electron chi connectivity index (χ3n) is 4.36. The number of carbonyl (C=O) groups is 1. The zero-order chi connectivity index (χ0) is 17.5. The first-order valence-corrected chi connectivity index (χ1v) is 9.15.